The van der Waals surface area contributed by atoms with Gasteiger partial charge < -0.3 is 19.9 Å². The van der Waals surface area contributed by atoms with Crippen LogP contribution in [0.2, 0.25) is 0 Å². The lowest BCUT2D eigenvalue weighted by Crippen LogP contribution is -2.40. The molecule has 1 saturated heterocycles. The van der Waals surface area contributed by atoms with E-state index < -0.39 is 15.6 Å². The molecule has 2 aromatic rings. The Hall–Kier alpha value is -2.27. The van der Waals surface area contributed by atoms with Gasteiger partial charge in [0.2, 0.25) is 15.6 Å². The molecule has 0 unspecified atom stereocenters. The normalized spacial score (nSPS) is 15.4. The molecule has 9 nitrogen and oxygen atoms in total. The molecule has 0 radical (unpaired) electrons. The van der Waals surface area contributed by atoms with Crippen molar-refractivity contribution in [3.63, 3.8) is 0 Å². The predicted octanol–water partition coefficient (Wildman–Crippen LogP) is 2.28. The summed E-state index contributed by atoms with van der Waals surface area (Å²) in [7, 11) is -3.73. The maximum atomic E-state index is 13.1. The van der Waals surface area contributed by atoms with Crippen LogP contribution in [-0.2, 0) is 14.8 Å². The number of nitrogens with zero attached hydrogens (tertiary/aromatic N) is 2. The average molecular weight is 507 g/mol. The van der Waals surface area contributed by atoms with Crippen LogP contribution in [0.5, 0.6) is 0 Å². The van der Waals surface area contributed by atoms with E-state index >= 15 is 0 Å². The number of fused-ring (bicyclic) bond motifs is 1. The second-order valence-corrected chi connectivity index (χ2v) is 11.9. The Morgan fingerprint density at radius 2 is 1.77 bits per heavy atom. The standard InChI is InChI=1S/C25H38N4O5S/c1-18(2)16-28(17-19(3)4)9-5-8-26-25(31)22-15-24(30)27-23-7-6-20(14-21(22)23)35(32,33)29-10-12-34-13-11-29/h6-7,14-15,18-19H,5,8-13,16-17H2,1-4H3,(H,26,31)(H,27,30). The van der Waals surface area contributed by atoms with Crippen LogP contribution in [0.15, 0.2) is 34.0 Å². The molecule has 10 heteroatoms. The van der Waals surface area contributed by atoms with Crippen molar-refractivity contribution in [1.82, 2.24) is 19.5 Å². The number of benzene rings is 1. The average Bonchev–Trinajstić information content (AvgIpc) is 2.80. The molecule has 194 valence electrons. The number of H-pyrrole nitrogens is 1. The summed E-state index contributed by atoms with van der Waals surface area (Å²) in [5, 5.41) is 3.31. The van der Waals surface area contributed by atoms with Gasteiger partial charge in [0.15, 0.2) is 0 Å². The van der Waals surface area contributed by atoms with Gasteiger partial charge in [-0.2, -0.15) is 4.31 Å². The minimum Gasteiger partial charge on any atom is -0.379 e. The van der Waals surface area contributed by atoms with Crippen molar-refractivity contribution < 1.29 is 17.9 Å². The fraction of sp³-hybridized carbons (Fsp3) is 0.600. The molecular formula is C25H38N4O5S. The van der Waals surface area contributed by atoms with Gasteiger partial charge in [-0.15, -0.1) is 0 Å². The number of ether oxygens (including phenoxy) is 1. The monoisotopic (exact) mass is 506 g/mol. The topological polar surface area (TPSA) is 112 Å². The van der Waals surface area contributed by atoms with Crippen molar-refractivity contribution in [2.45, 2.75) is 39.0 Å². The van der Waals surface area contributed by atoms with E-state index in [9.17, 15) is 18.0 Å². The van der Waals surface area contributed by atoms with E-state index in [1.165, 1.54) is 28.6 Å². The van der Waals surface area contributed by atoms with Gasteiger partial charge in [0, 0.05) is 49.7 Å². The summed E-state index contributed by atoms with van der Waals surface area (Å²) in [5.41, 5.74) is 0.180. The fourth-order valence-electron chi connectivity index (χ4n) is 4.41. The molecule has 3 rings (SSSR count). The zero-order valence-corrected chi connectivity index (χ0v) is 22.0. The van der Waals surface area contributed by atoms with Crippen molar-refractivity contribution in [2.24, 2.45) is 11.8 Å². The predicted molar refractivity (Wildman–Crippen MR) is 137 cm³/mol. The van der Waals surface area contributed by atoms with Crippen molar-refractivity contribution in [3.8, 4) is 0 Å². The molecular weight excluding hydrogens is 468 g/mol. The highest BCUT2D eigenvalue weighted by molar-refractivity contribution is 7.89. The van der Waals surface area contributed by atoms with Gasteiger partial charge in [-0.3, -0.25) is 9.59 Å². The molecule has 0 aliphatic carbocycles. The number of amides is 1. The molecule has 0 saturated carbocycles. The van der Waals surface area contributed by atoms with E-state index in [0.29, 0.717) is 42.5 Å². The number of rotatable bonds is 11. The Balaban J connectivity index is 1.75. The van der Waals surface area contributed by atoms with Crippen molar-refractivity contribution in [1.29, 1.82) is 0 Å². The van der Waals surface area contributed by atoms with E-state index in [2.05, 4.69) is 42.9 Å². The van der Waals surface area contributed by atoms with Crippen LogP contribution in [0.1, 0.15) is 44.5 Å². The van der Waals surface area contributed by atoms with Crippen LogP contribution in [0.4, 0.5) is 0 Å². The third kappa shape index (κ3) is 7.36. The van der Waals surface area contributed by atoms with E-state index in [1.54, 1.807) is 0 Å². The number of aromatic nitrogens is 1. The van der Waals surface area contributed by atoms with Crippen molar-refractivity contribution >= 4 is 26.8 Å². The van der Waals surface area contributed by atoms with E-state index in [4.69, 9.17) is 4.74 Å². The first-order valence-electron chi connectivity index (χ1n) is 12.3. The Bertz CT molecular complexity index is 1160. The summed E-state index contributed by atoms with van der Waals surface area (Å²) in [5.74, 6) is 0.740. The van der Waals surface area contributed by atoms with Crippen LogP contribution in [-0.4, -0.2) is 81.0 Å². The molecule has 35 heavy (non-hydrogen) atoms. The molecule has 1 aliphatic heterocycles. The SMILES string of the molecule is CC(C)CN(CCCNC(=O)c1cc(=O)[nH]c2ccc(S(=O)(=O)N3CCOCC3)cc12)CC(C)C. The Kier molecular flexibility index (Phi) is 9.46. The Morgan fingerprint density at radius 1 is 1.11 bits per heavy atom. The number of hydrogen-bond acceptors (Lipinski definition) is 6. The van der Waals surface area contributed by atoms with Crippen LogP contribution < -0.4 is 10.9 Å². The van der Waals surface area contributed by atoms with Gasteiger partial charge in [0.05, 0.1) is 23.7 Å². The third-order valence-corrected chi connectivity index (χ3v) is 7.74. The van der Waals surface area contributed by atoms with Gasteiger partial charge in [-0.25, -0.2) is 8.42 Å². The van der Waals surface area contributed by atoms with Gasteiger partial charge >= 0.3 is 0 Å². The molecule has 1 fully saturated rings. The number of morpholine rings is 1. The molecule has 1 aromatic heterocycles. The maximum absolute atomic E-state index is 13.1. The summed E-state index contributed by atoms with van der Waals surface area (Å²) in [6, 6.07) is 5.70. The molecule has 2 heterocycles. The lowest BCUT2D eigenvalue weighted by Gasteiger charge is -2.26. The first-order chi connectivity index (χ1) is 16.6. The highest BCUT2D eigenvalue weighted by Gasteiger charge is 2.27. The molecule has 0 atom stereocenters. The highest BCUT2D eigenvalue weighted by atomic mass is 32.2. The van der Waals surface area contributed by atoms with Gasteiger partial charge in [0.25, 0.3) is 5.91 Å². The van der Waals surface area contributed by atoms with Gasteiger partial charge in [-0.1, -0.05) is 27.7 Å². The molecule has 0 bridgehead atoms. The largest absolute Gasteiger partial charge is 0.379 e. The van der Waals surface area contributed by atoms with Gasteiger partial charge in [0.1, 0.15) is 0 Å². The van der Waals surface area contributed by atoms with Crippen LogP contribution in [0, 0.1) is 11.8 Å². The third-order valence-electron chi connectivity index (χ3n) is 5.85. The van der Waals surface area contributed by atoms with Crippen LogP contribution in [0.3, 0.4) is 0 Å². The summed E-state index contributed by atoms with van der Waals surface area (Å²) >= 11 is 0. The summed E-state index contributed by atoms with van der Waals surface area (Å²) in [6.45, 7) is 13.4. The number of sulfonamides is 1. The number of nitrogens with one attached hydrogen (secondary N) is 2. The van der Waals surface area contributed by atoms with Crippen molar-refractivity contribution in [3.05, 3.63) is 40.2 Å². The quantitative estimate of drug-likeness (QED) is 0.452. The smallest absolute Gasteiger partial charge is 0.252 e. The Morgan fingerprint density at radius 3 is 2.40 bits per heavy atom. The molecule has 1 amide bonds. The number of pyridine rings is 1. The van der Waals surface area contributed by atoms with Crippen LogP contribution in [0.25, 0.3) is 10.9 Å². The zero-order valence-electron chi connectivity index (χ0n) is 21.2. The fourth-order valence-corrected chi connectivity index (χ4v) is 5.84. The molecule has 2 N–H and O–H groups in total. The van der Waals surface area contributed by atoms with E-state index in [-0.39, 0.29) is 29.5 Å². The molecule has 1 aromatic carbocycles. The van der Waals surface area contributed by atoms with E-state index in [0.717, 1.165) is 26.1 Å². The maximum Gasteiger partial charge on any atom is 0.252 e. The second-order valence-electron chi connectivity index (χ2n) is 9.93. The lowest BCUT2D eigenvalue weighted by molar-refractivity contribution is 0.0730. The number of carbonyl (C=O) groups excluding carboxylic acids is 1. The summed E-state index contributed by atoms with van der Waals surface area (Å²) in [6.07, 6.45) is 0.781. The minimum absolute atomic E-state index is 0.0889. The van der Waals surface area contributed by atoms with Crippen LogP contribution >= 0.6 is 0 Å². The van der Waals surface area contributed by atoms with Crippen molar-refractivity contribution in [2.75, 3.05) is 52.5 Å². The number of aromatic amines is 1. The lowest BCUT2D eigenvalue weighted by atomic mass is 10.1. The summed E-state index contributed by atoms with van der Waals surface area (Å²) in [4.78, 5) is 30.4. The zero-order chi connectivity index (χ0) is 25.6. The highest BCUT2D eigenvalue weighted by Crippen LogP contribution is 2.23. The Labute approximate surface area is 207 Å². The first-order valence-corrected chi connectivity index (χ1v) is 13.8. The number of carbonyl (C=O) groups is 1. The minimum atomic E-state index is -3.73. The number of hydrogen-bond donors (Lipinski definition) is 2. The van der Waals surface area contributed by atoms with Gasteiger partial charge in [-0.05, 0) is 43.0 Å². The molecule has 1 aliphatic rings. The van der Waals surface area contributed by atoms with E-state index in [1.807, 2.05) is 0 Å². The molecule has 0 spiro atoms. The summed E-state index contributed by atoms with van der Waals surface area (Å²) < 4.78 is 32.8. The first kappa shape index (κ1) is 27.3. The second kappa shape index (κ2) is 12.1.